The number of ether oxygens (including phenoxy) is 1. The van der Waals surface area contributed by atoms with Crippen molar-refractivity contribution < 1.29 is 4.74 Å². The standard InChI is InChI=1S/C16H26N2O/c1-4-13-8-9-16(19-3)15(11-13)18(2)12-14-7-5-6-10-17-14/h8-9,11,14,17H,4-7,10,12H2,1-3H3. The summed E-state index contributed by atoms with van der Waals surface area (Å²) in [5.74, 6) is 0.968. The molecular weight excluding hydrogens is 236 g/mol. The minimum absolute atomic E-state index is 0.605. The highest BCUT2D eigenvalue weighted by atomic mass is 16.5. The van der Waals surface area contributed by atoms with Crippen molar-refractivity contribution in [3.63, 3.8) is 0 Å². The Balaban J connectivity index is 2.09. The van der Waals surface area contributed by atoms with Crippen LogP contribution in [-0.2, 0) is 6.42 Å². The summed E-state index contributed by atoms with van der Waals surface area (Å²) in [4.78, 5) is 2.32. The quantitative estimate of drug-likeness (QED) is 0.883. The monoisotopic (exact) mass is 262 g/mol. The fourth-order valence-electron chi connectivity index (χ4n) is 2.76. The summed E-state index contributed by atoms with van der Waals surface area (Å²) >= 11 is 0. The molecule has 1 aliphatic rings. The van der Waals surface area contributed by atoms with Gasteiger partial charge in [0.2, 0.25) is 0 Å². The molecule has 1 saturated heterocycles. The number of piperidine rings is 1. The first-order valence-corrected chi connectivity index (χ1v) is 7.36. The van der Waals surface area contributed by atoms with Gasteiger partial charge in [-0.05, 0) is 43.5 Å². The number of anilines is 1. The van der Waals surface area contributed by atoms with E-state index >= 15 is 0 Å². The maximum absolute atomic E-state index is 5.49. The molecule has 1 atom stereocenters. The normalized spacial score (nSPS) is 19.2. The maximum atomic E-state index is 5.49. The third-order valence-electron chi connectivity index (χ3n) is 3.97. The second-order valence-electron chi connectivity index (χ2n) is 5.39. The molecule has 0 amide bonds. The summed E-state index contributed by atoms with van der Waals surface area (Å²) < 4.78 is 5.49. The molecule has 2 rings (SSSR count). The van der Waals surface area contributed by atoms with Crippen LogP contribution in [0.25, 0.3) is 0 Å². The van der Waals surface area contributed by atoms with Gasteiger partial charge in [0.15, 0.2) is 0 Å². The SMILES string of the molecule is CCc1ccc(OC)c(N(C)CC2CCCCN2)c1. The fourth-order valence-corrected chi connectivity index (χ4v) is 2.76. The van der Waals surface area contributed by atoms with E-state index in [1.165, 1.54) is 30.5 Å². The molecule has 3 nitrogen and oxygen atoms in total. The average molecular weight is 262 g/mol. The predicted octanol–water partition coefficient (Wildman–Crippen LogP) is 2.84. The molecule has 3 heteroatoms. The molecular formula is C16H26N2O. The van der Waals surface area contributed by atoms with E-state index in [1.807, 2.05) is 0 Å². The molecule has 0 aromatic heterocycles. The largest absolute Gasteiger partial charge is 0.495 e. The molecule has 0 saturated carbocycles. The molecule has 1 N–H and O–H groups in total. The number of hydrogen-bond acceptors (Lipinski definition) is 3. The number of hydrogen-bond donors (Lipinski definition) is 1. The van der Waals surface area contributed by atoms with Crippen LogP contribution in [-0.4, -0.2) is 33.3 Å². The van der Waals surface area contributed by atoms with Crippen LogP contribution in [0.5, 0.6) is 5.75 Å². The van der Waals surface area contributed by atoms with Crippen LogP contribution >= 0.6 is 0 Å². The van der Waals surface area contributed by atoms with Crippen LogP contribution in [0.4, 0.5) is 5.69 Å². The Morgan fingerprint density at radius 2 is 2.21 bits per heavy atom. The number of methoxy groups -OCH3 is 1. The van der Waals surface area contributed by atoms with Crippen LogP contribution in [0, 0.1) is 0 Å². The van der Waals surface area contributed by atoms with Crippen molar-refractivity contribution in [1.29, 1.82) is 0 Å². The van der Waals surface area contributed by atoms with Gasteiger partial charge in [-0.15, -0.1) is 0 Å². The van der Waals surface area contributed by atoms with Crippen molar-refractivity contribution in [1.82, 2.24) is 5.32 Å². The first kappa shape index (κ1) is 14.2. The summed E-state index contributed by atoms with van der Waals surface area (Å²) in [6.07, 6.45) is 5.00. The van der Waals surface area contributed by atoms with E-state index in [9.17, 15) is 0 Å². The number of aryl methyl sites for hydroxylation is 1. The minimum Gasteiger partial charge on any atom is -0.495 e. The van der Waals surface area contributed by atoms with E-state index in [0.717, 1.165) is 25.3 Å². The summed E-state index contributed by atoms with van der Waals surface area (Å²) in [6, 6.07) is 7.09. The summed E-state index contributed by atoms with van der Waals surface area (Å²) in [5, 5.41) is 3.60. The summed E-state index contributed by atoms with van der Waals surface area (Å²) in [5.41, 5.74) is 2.56. The Kier molecular flexibility index (Phi) is 5.08. The van der Waals surface area contributed by atoms with E-state index < -0.39 is 0 Å². The first-order valence-electron chi connectivity index (χ1n) is 7.36. The highest BCUT2D eigenvalue weighted by Gasteiger charge is 2.17. The maximum Gasteiger partial charge on any atom is 0.142 e. The Hall–Kier alpha value is -1.22. The van der Waals surface area contributed by atoms with Gasteiger partial charge in [-0.3, -0.25) is 0 Å². The molecule has 0 aliphatic carbocycles. The van der Waals surface area contributed by atoms with Gasteiger partial charge in [0.05, 0.1) is 12.8 Å². The van der Waals surface area contributed by atoms with Crippen molar-refractivity contribution in [2.24, 2.45) is 0 Å². The zero-order chi connectivity index (χ0) is 13.7. The van der Waals surface area contributed by atoms with E-state index in [-0.39, 0.29) is 0 Å². The second-order valence-corrected chi connectivity index (χ2v) is 5.39. The summed E-state index contributed by atoms with van der Waals surface area (Å²) in [6.45, 7) is 4.39. The number of benzene rings is 1. The van der Waals surface area contributed by atoms with Crippen LogP contribution < -0.4 is 15.0 Å². The van der Waals surface area contributed by atoms with Crippen molar-refractivity contribution in [3.8, 4) is 5.75 Å². The van der Waals surface area contributed by atoms with Gasteiger partial charge in [0.1, 0.15) is 5.75 Å². The molecule has 19 heavy (non-hydrogen) atoms. The van der Waals surface area contributed by atoms with Gasteiger partial charge in [0, 0.05) is 19.6 Å². The number of nitrogens with zero attached hydrogens (tertiary/aromatic N) is 1. The van der Waals surface area contributed by atoms with Crippen LogP contribution in [0.1, 0.15) is 31.7 Å². The molecule has 1 aliphatic heterocycles. The zero-order valence-electron chi connectivity index (χ0n) is 12.4. The lowest BCUT2D eigenvalue weighted by Gasteiger charge is -2.30. The predicted molar refractivity (Wildman–Crippen MR) is 81.3 cm³/mol. The first-order chi connectivity index (χ1) is 9.24. The van der Waals surface area contributed by atoms with Crippen LogP contribution in [0.3, 0.4) is 0 Å². The van der Waals surface area contributed by atoms with Crippen molar-refractivity contribution in [2.75, 3.05) is 32.1 Å². The molecule has 0 spiro atoms. The third kappa shape index (κ3) is 3.63. The van der Waals surface area contributed by atoms with Gasteiger partial charge in [-0.25, -0.2) is 0 Å². The van der Waals surface area contributed by atoms with Gasteiger partial charge >= 0.3 is 0 Å². The topological polar surface area (TPSA) is 24.5 Å². The van der Waals surface area contributed by atoms with E-state index in [4.69, 9.17) is 4.74 Å². The van der Waals surface area contributed by atoms with Gasteiger partial charge in [-0.2, -0.15) is 0 Å². The van der Waals surface area contributed by atoms with Crippen LogP contribution in [0.15, 0.2) is 18.2 Å². The number of likely N-dealkylation sites (N-methyl/N-ethyl adjacent to an activating group) is 1. The van der Waals surface area contributed by atoms with Gasteiger partial charge < -0.3 is 15.0 Å². The molecule has 106 valence electrons. The molecule has 0 radical (unpaired) electrons. The molecule has 1 unspecified atom stereocenters. The Bertz CT molecular complexity index is 400. The van der Waals surface area contributed by atoms with Crippen LogP contribution in [0.2, 0.25) is 0 Å². The molecule has 1 aromatic carbocycles. The smallest absolute Gasteiger partial charge is 0.142 e. The molecule has 1 heterocycles. The van der Waals surface area contributed by atoms with E-state index in [0.29, 0.717) is 6.04 Å². The lowest BCUT2D eigenvalue weighted by atomic mass is 10.0. The highest BCUT2D eigenvalue weighted by Crippen LogP contribution is 2.29. The third-order valence-corrected chi connectivity index (χ3v) is 3.97. The lowest BCUT2D eigenvalue weighted by molar-refractivity contribution is 0.397. The lowest BCUT2D eigenvalue weighted by Crippen LogP contribution is -2.42. The Labute approximate surface area is 116 Å². The molecule has 1 fully saturated rings. The van der Waals surface area contributed by atoms with E-state index in [2.05, 4.69) is 42.4 Å². The number of rotatable bonds is 5. The Morgan fingerprint density at radius 3 is 2.84 bits per heavy atom. The zero-order valence-corrected chi connectivity index (χ0v) is 12.4. The molecule has 1 aromatic rings. The minimum atomic E-state index is 0.605. The Morgan fingerprint density at radius 1 is 1.37 bits per heavy atom. The second kappa shape index (κ2) is 6.80. The van der Waals surface area contributed by atoms with Gasteiger partial charge in [0.25, 0.3) is 0 Å². The summed E-state index contributed by atoms with van der Waals surface area (Å²) in [7, 11) is 3.91. The fraction of sp³-hybridized carbons (Fsp3) is 0.625. The average Bonchev–Trinajstić information content (AvgIpc) is 2.47. The van der Waals surface area contributed by atoms with Gasteiger partial charge in [-0.1, -0.05) is 19.4 Å². The number of nitrogens with one attached hydrogen (secondary N) is 1. The van der Waals surface area contributed by atoms with Crippen molar-refractivity contribution in [2.45, 2.75) is 38.6 Å². The molecule has 0 bridgehead atoms. The van der Waals surface area contributed by atoms with E-state index in [1.54, 1.807) is 7.11 Å². The highest BCUT2D eigenvalue weighted by molar-refractivity contribution is 5.59. The van der Waals surface area contributed by atoms with Crippen molar-refractivity contribution in [3.05, 3.63) is 23.8 Å². The van der Waals surface area contributed by atoms with Crippen molar-refractivity contribution >= 4 is 5.69 Å².